The SMILES string of the molecule is Cn1c(Cn2nnc(-c3ccc(F)cc3)n2)n[nH]c1=S. The lowest BCUT2D eigenvalue weighted by molar-refractivity contribution is 0.541. The molecular formula is C11H10FN7S. The standard InChI is InChI=1S/C11H10FN7S/c1-18-9(13-15-11(18)20)6-19-16-10(14-17-19)7-2-4-8(12)5-3-7/h2-5H,6H2,1H3,(H,15,20). The minimum Gasteiger partial charge on any atom is -0.306 e. The second kappa shape index (κ2) is 4.93. The van der Waals surface area contributed by atoms with Gasteiger partial charge in [0.25, 0.3) is 0 Å². The Morgan fingerprint density at radius 1 is 1.30 bits per heavy atom. The maximum absolute atomic E-state index is 12.9. The third-order valence-electron chi connectivity index (χ3n) is 2.81. The molecule has 0 saturated heterocycles. The number of rotatable bonds is 3. The summed E-state index contributed by atoms with van der Waals surface area (Å²) in [6.07, 6.45) is 0. The molecule has 1 N–H and O–H groups in total. The predicted octanol–water partition coefficient (Wildman–Crippen LogP) is 1.32. The van der Waals surface area contributed by atoms with Crippen LogP contribution in [0.15, 0.2) is 24.3 Å². The van der Waals surface area contributed by atoms with Gasteiger partial charge in [0.15, 0.2) is 10.6 Å². The topological polar surface area (TPSA) is 77.2 Å². The maximum atomic E-state index is 12.9. The normalized spacial score (nSPS) is 10.9. The molecule has 9 heteroatoms. The molecule has 1 aromatic carbocycles. The molecule has 0 atom stereocenters. The van der Waals surface area contributed by atoms with Crippen molar-refractivity contribution >= 4 is 12.2 Å². The lowest BCUT2D eigenvalue weighted by Gasteiger charge is -1.98. The van der Waals surface area contributed by atoms with E-state index < -0.39 is 0 Å². The summed E-state index contributed by atoms with van der Waals surface area (Å²) in [5, 5.41) is 18.9. The summed E-state index contributed by atoms with van der Waals surface area (Å²) in [7, 11) is 1.80. The molecule has 0 amide bonds. The molecule has 2 aromatic heterocycles. The van der Waals surface area contributed by atoms with Crippen LogP contribution in [0.1, 0.15) is 5.82 Å². The molecule has 0 aliphatic rings. The van der Waals surface area contributed by atoms with Crippen LogP contribution in [0.4, 0.5) is 4.39 Å². The van der Waals surface area contributed by atoms with Gasteiger partial charge in [-0.2, -0.15) is 9.90 Å². The molecule has 20 heavy (non-hydrogen) atoms. The molecule has 0 fully saturated rings. The second-order valence-electron chi connectivity index (χ2n) is 4.15. The van der Waals surface area contributed by atoms with E-state index in [-0.39, 0.29) is 5.82 Å². The average Bonchev–Trinajstić information content (AvgIpc) is 3.02. The maximum Gasteiger partial charge on any atom is 0.204 e. The summed E-state index contributed by atoms with van der Waals surface area (Å²) in [5.74, 6) is 0.822. The Balaban J connectivity index is 1.85. The highest BCUT2D eigenvalue weighted by Crippen LogP contribution is 2.13. The van der Waals surface area contributed by atoms with Crippen molar-refractivity contribution < 1.29 is 4.39 Å². The molecule has 3 rings (SSSR count). The molecule has 2 heterocycles. The van der Waals surface area contributed by atoms with Gasteiger partial charge in [-0.3, -0.25) is 5.10 Å². The average molecular weight is 291 g/mol. The fraction of sp³-hybridized carbons (Fsp3) is 0.182. The Bertz CT molecular complexity index is 786. The molecular weight excluding hydrogens is 281 g/mol. The first-order chi connectivity index (χ1) is 9.63. The van der Waals surface area contributed by atoms with Gasteiger partial charge in [0.1, 0.15) is 12.4 Å². The zero-order valence-corrected chi connectivity index (χ0v) is 11.3. The zero-order valence-electron chi connectivity index (χ0n) is 10.5. The van der Waals surface area contributed by atoms with Crippen LogP contribution in [0.3, 0.4) is 0 Å². The van der Waals surface area contributed by atoms with Crippen molar-refractivity contribution in [3.63, 3.8) is 0 Å². The fourth-order valence-corrected chi connectivity index (χ4v) is 1.82. The van der Waals surface area contributed by atoms with Gasteiger partial charge >= 0.3 is 0 Å². The Morgan fingerprint density at radius 3 is 2.70 bits per heavy atom. The van der Waals surface area contributed by atoms with E-state index in [0.29, 0.717) is 28.5 Å². The molecule has 3 aromatic rings. The smallest absolute Gasteiger partial charge is 0.204 e. The van der Waals surface area contributed by atoms with Crippen LogP contribution >= 0.6 is 12.2 Å². The summed E-state index contributed by atoms with van der Waals surface area (Å²) >= 11 is 5.03. The number of hydrogen-bond donors (Lipinski definition) is 1. The Hall–Kier alpha value is -2.42. The van der Waals surface area contributed by atoms with E-state index in [1.807, 2.05) is 0 Å². The number of hydrogen-bond acceptors (Lipinski definition) is 5. The highest BCUT2D eigenvalue weighted by atomic mass is 32.1. The van der Waals surface area contributed by atoms with E-state index in [9.17, 15) is 4.39 Å². The van der Waals surface area contributed by atoms with E-state index in [1.165, 1.54) is 16.9 Å². The van der Waals surface area contributed by atoms with Crippen LogP contribution < -0.4 is 0 Å². The predicted molar refractivity (Wildman–Crippen MR) is 70.7 cm³/mol. The molecule has 0 radical (unpaired) electrons. The van der Waals surface area contributed by atoms with Gasteiger partial charge in [-0.15, -0.1) is 10.2 Å². The first-order valence-corrected chi connectivity index (χ1v) is 6.18. The van der Waals surface area contributed by atoms with Crippen molar-refractivity contribution in [3.05, 3.63) is 40.7 Å². The van der Waals surface area contributed by atoms with E-state index in [2.05, 4.69) is 25.6 Å². The summed E-state index contributed by atoms with van der Waals surface area (Å²) in [6, 6.07) is 5.92. The molecule has 0 bridgehead atoms. The van der Waals surface area contributed by atoms with Gasteiger partial charge in [-0.1, -0.05) is 0 Å². The number of nitrogens with one attached hydrogen (secondary N) is 1. The summed E-state index contributed by atoms with van der Waals surface area (Å²) in [6.45, 7) is 0.345. The third kappa shape index (κ3) is 2.35. The van der Waals surface area contributed by atoms with Gasteiger partial charge in [0, 0.05) is 12.6 Å². The Kier molecular flexibility index (Phi) is 3.11. The Labute approximate surface area is 118 Å². The Morgan fingerprint density at radius 2 is 2.05 bits per heavy atom. The van der Waals surface area contributed by atoms with Gasteiger partial charge < -0.3 is 4.57 Å². The van der Waals surface area contributed by atoms with Crippen molar-refractivity contribution in [1.82, 2.24) is 35.0 Å². The summed E-state index contributed by atoms with van der Waals surface area (Å²) in [4.78, 5) is 1.41. The number of nitrogens with zero attached hydrogens (tertiary/aromatic N) is 6. The number of aromatic nitrogens is 7. The van der Waals surface area contributed by atoms with Crippen molar-refractivity contribution in [3.8, 4) is 11.4 Å². The lowest BCUT2D eigenvalue weighted by Crippen LogP contribution is -2.09. The van der Waals surface area contributed by atoms with E-state index in [4.69, 9.17) is 12.2 Å². The van der Waals surface area contributed by atoms with Gasteiger partial charge in [-0.25, -0.2) is 4.39 Å². The minimum absolute atomic E-state index is 0.303. The van der Waals surface area contributed by atoms with Crippen molar-refractivity contribution in [2.75, 3.05) is 0 Å². The molecule has 7 nitrogen and oxygen atoms in total. The highest BCUT2D eigenvalue weighted by molar-refractivity contribution is 7.71. The lowest BCUT2D eigenvalue weighted by atomic mass is 10.2. The van der Waals surface area contributed by atoms with Crippen LogP contribution in [0.2, 0.25) is 0 Å². The number of tetrazole rings is 1. The quantitative estimate of drug-likeness (QED) is 0.736. The number of aromatic amines is 1. The van der Waals surface area contributed by atoms with Crippen molar-refractivity contribution in [1.29, 1.82) is 0 Å². The van der Waals surface area contributed by atoms with Crippen LogP contribution in [-0.4, -0.2) is 35.0 Å². The van der Waals surface area contributed by atoms with Crippen molar-refractivity contribution in [2.45, 2.75) is 6.54 Å². The fourth-order valence-electron chi connectivity index (χ4n) is 1.67. The largest absolute Gasteiger partial charge is 0.306 e. The third-order valence-corrected chi connectivity index (χ3v) is 3.18. The van der Waals surface area contributed by atoms with Crippen molar-refractivity contribution in [2.24, 2.45) is 7.05 Å². The van der Waals surface area contributed by atoms with Gasteiger partial charge in [-0.05, 0) is 41.7 Å². The van der Waals surface area contributed by atoms with E-state index in [1.54, 1.807) is 23.7 Å². The molecule has 0 saturated carbocycles. The zero-order chi connectivity index (χ0) is 14.1. The van der Waals surface area contributed by atoms with Gasteiger partial charge in [0.05, 0.1) is 0 Å². The molecule has 0 unspecified atom stereocenters. The summed E-state index contributed by atoms with van der Waals surface area (Å²) < 4.78 is 15.1. The molecule has 0 aliphatic heterocycles. The van der Waals surface area contributed by atoms with Crippen LogP contribution in [-0.2, 0) is 13.6 Å². The molecule has 0 aliphatic carbocycles. The first kappa shape index (κ1) is 12.6. The van der Waals surface area contributed by atoms with Crippen LogP contribution in [0.25, 0.3) is 11.4 Å². The monoisotopic (exact) mass is 291 g/mol. The van der Waals surface area contributed by atoms with E-state index >= 15 is 0 Å². The number of H-pyrrole nitrogens is 1. The number of benzene rings is 1. The second-order valence-corrected chi connectivity index (χ2v) is 4.54. The summed E-state index contributed by atoms with van der Waals surface area (Å²) in [5.41, 5.74) is 0.702. The van der Waals surface area contributed by atoms with Crippen LogP contribution in [0.5, 0.6) is 0 Å². The molecule has 102 valence electrons. The van der Waals surface area contributed by atoms with Crippen LogP contribution in [0, 0.1) is 10.6 Å². The number of halogens is 1. The molecule has 0 spiro atoms. The van der Waals surface area contributed by atoms with E-state index in [0.717, 1.165) is 0 Å². The minimum atomic E-state index is -0.303. The first-order valence-electron chi connectivity index (χ1n) is 5.77. The van der Waals surface area contributed by atoms with Gasteiger partial charge in [0.2, 0.25) is 5.82 Å². The highest BCUT2D eigenvalue weighted by Gasteiger charge is 2.09.